The Bertz CT molecular complexity index is 544. The fraction of sp³-hybridized carbons (Fsp3) is 0.429. The Morgan fingerprint density at radius 1 is 1.16 bits per heavy atom. The Morgan fingerprint density at radius 2 is 1.84 bits per heavy atom. The van der Waals surface area contributed by atoms with Crippen molar-refractivity contribution in [3.05, 3.63) is 42.2 Å². The van der Waals surface area contributed by atoms with E-state index in [2.05, 4.69) is 22.3 Å². The van der Waals surface area contributed by atoms with Gasteiger partial charge in [-0.25, -0.2) is 4.68 Å². The molecular formula is C14H18N4O. The van der Waals surface area contributed by atoms with E-state index in [4.69, 9.17) is 0 Å². The molecule has 1 aromatic heterocycles. The number of aromatic nitrogens is 3. The highest BCUT2D eigenvalue weighted by Crippen LogP contribution is 2.32. The van der Waals surface area contributed by atoms with Gasteiger partial charge in [-0.3, -0.25) is 0 Å². The van der Waals surface area contributed by atoms with E-state index in [0.29, 0.717) is 12.8 Å². The lowest BCUT2D eigenvalue weighted by atomic mass is 9.88. The van der Waals surface area contributed by atoms with Crippen LogP contribution in [0.2, 0.25) is 0 Å². The average Bonchev–Trinajstić information content (AvgIpc) is 2.93. The van der Waals surface area contributed by atoms with Crippen LogP contribution < -0.4 is 0 Å². The second-order valence-corrected chi connectivity index (χ2v) is 5.20. The van der Waals surface area contributed by atoms with Crippen LogP contribution in [0.3, 0.4) is 0 Å². The first-order valence-corrected chi connectivity index (χ1v) is 6.57. The highest BCUT2D eigenvalue weighted by molar-refractivity contribution is 5.33. The molecule has 1 fully saturated rings. The smallest absolute Gasteiger partial charge is 0.111 e. The van der Waals surface area contributed by atoms with E-state index in [1.165, 1.54) is 0 Å². The molecule has 2 heterocycles. The molecule has 1 aliphatic heterocycles. The van der Waals surface area contributed by atoms with Gasteiger partial charge in [0, 0.05) is 13.1 Å². The fourth-order valence-corrected chi connectivity index (χ4v) is 2.56. The van der Waals surface area contributed by atoms with Gasteiger partial charge in [0.2, 0.25) is 0 Å². The molecule has 1 aromatic carbocycles. The van der Waals surface area contributed by atoms with Crippen molar-refractivity contribution in [3.63, 3.8) is 0 Å². The Kier molecular flexibility index (Phi) is 3.08. The van der Waals surface area contributed by atoms with Gasteiger partial charge < -0.3 is 10.0 Å². The SMILES string of the molecule is CN1CCC(O)(c2cnnn2-c2ccccc2)CC1. The molecule has 0 saturated carbocycles. The minimum absolute atomic E-state index is 0.712. The summed E-state index contributed by atoms with van der Waals surface area (Å²) in [6.45, 7) is 1.77. The van der Waals surface area contributed by atoms with Crippen LogP contribution in [0.4, 0.5) is 0 Å². The molecule has 2 aromatic rings. The van der Waals surface area contributed by atoms with Gasteiger partial charge in [0.15, 0.2) is 0 Å². The van der Waals surface area contributed by atoms with Crippen LogP contribution in [0.25, 0.3) is 5.69 Å². The van der Waals surface area contributed by atoms with E-state index in [1.54, 1.807) is 10.9 Å². The summed E-state index contributed by atoms with van der Waals surface area (Å²) in [7, 11) is 2.08. The van der Waals surface area contributed by atoms with Crippen LogP contribution in [0, 0.1) is 0 Å². The molecule has 19 heavy (non-hydrogen) atoms. The molecule has 0 amide bonds. The first-order chi connectivity index (χ1) is 9.19. The monoisotopic (exact) mass is 258 g/mol. The second-order valence-electron chi connectivity index (χ2n) is 5.20. The van der Waals surface area contributed by atoms with Gasteiger partial charge in [0.1, 0.15) is 5.60 Å². The van der Waals surface area contributed by atoms with Crippen LogP contribution in [0.1, 0.15) is 18.5 Å². The summed E-state index contributed by atoms with van der Waals surface area (Å²) in [6, 6.07) is 9.82. The molecule has 0 atom stereocenters. The van der Waals surface area contributed by atoms with Crippen molar-refractivity contribution in [2.45, 2.75) is 18.4 Å². The number of aliphatic hydroxyl groups is 1. The van der Waals surface area contributed by atoms with Crippen LogP contribution >= 0.6 is 0 Å². The number of rotatable bonds is 2. The summed E-state index contributed by atoms with van der Waals surface area (Å²) < 4.78 is 1.74. The van der Waals surface area contributed by atoms with Crippen LogP contribution in [0.5, 0.6) is 0 Å². The lowest BCUT2D eigenvalue weighted by molar-refractivity contribution is -0.0257. The predicted molar refractivity (Wildman–Crippen MR) is 72.0 cm³/mol. The van der Waals surface area contributed by atoms with Crippen molar-refractivity contribution in [3.8, 4) is 5.69 Å². The summed E-state index contributed by atoms with van der Waals surface area (Å²) >= 11 is 0. The minimum Gasteiger partial charge on any atom is -0.383 e. The number of benzene rings is 1. The second kappa shape index (κ2) is 4.75. The lowest BCUT2D eigenvalue weighted by Crippen LogP contribution is -2.41. The number of piperidine rings is 1. The van der Waals surface area contributed by atoms with Gasteiger partial charge in [-0.1, -0.05) is 23.4 Å². The molecular weight excluding hydrogens is 240 g/mol. The van der Waals surface area contributed by atoms with Crippen molar-refractivity contribution < 1.29 is 5.11 Å². The first-order valence-electron chi connectivity index (χ1n) is 6.57. The Balaban J connectivity index is 1.96. The number of hydrogen-bond acceptors (Lipinski definition) is 4. The predicted octanol–water partition coefficient (Wildman–Crippen LogP) is 1.18. The maximum absolute atomic E-state index is 10.9. The lowest BCUT2D eigenvalue weighted by Gasteiger charge is -2.36. The Labute approximate surface area is 112 Å². The van der Waals surface area contributed by atoms with Crippen molar-refractivity contribution in [1.29, 1.82) is 0 Å². The summed E-state index contributed by atoms with van der Waals surface area (Å²) in [5.41, 5.74) is 0.889. The standard InChI is InChI=1S/C14H18N4O/c1-17-9-7-14(19,8-10-17)13-11-15-16-18(13)12-5-3-2-4-6-12/h2-6,11,19H,7-10H2,1H3. The number of para-hydroxylation sites is 1. The van der Waals surface area contributed by atoms with Crippen molar-refractivity contribution >= 4 is 0 Å². The van der Waals surface area contributed by atoms with E-state index in [9.17, 15) is 5.11 Å². The van der Waals surface area contributed by atoms with Crippen molar-refractivity contribution in [2.75, 3.05) is 20.1 Å². The summed E-state index contributed by atoms with van der Waals surface area (Å²) in [5.74, 6) is 0. The maximum atomic E-state index is 10.9. The maximum Gasteiger partial charge on any atom is 0.111 e. The number of hydrogen-bond donors (Lipinski definition) is 1. The van der Waals surface area contributed by atoms with E-state index in [1.807, 2.05) is 30.3 Å². The summed E-state index contributed by atoms with van der Waals surface area (Å²) in [4.78, 5) is 2.23. The Morgan fingerprint density at radius 3 is 2.53 bits per heavy atom. The van der Waals surface area contributed by atoms with Crippen LogP contribution in [-0.2, 0) is 5.60 Å². The molecule has 0 radical (unpaired) electrons. The molecule has 1 saturated heterocycles. The molecule has 5 heteroatoms. The molecule has 1 aliphatic rings. The van der Waals surface area contributed by atoms with Gasteiger partial charge in [0.05, 0.1) is 17.6 Å². The van der Waals surface area contributed by atoms with E-state index in [-0.39, 0.29) is 0 Å². The zero-order valence-corrected chi connectivity index (χ0v) is 11.0. The van der Waals surface area contributed by atoms with Crippen molar-refractivity contribution in [1.82, 2.24) is 19.9 Å². The quantitative estimate of drug-likeness (QED) is 0.879. The molecule has 3 rings (SSSR count). The van der Waals surface area contributed by atoms with E-state index < -0.39 is 5.60 Å². The molecule has 1 N–H and O–H groups in total. The zero-order valence-electron chi connectivity index (χ0n) is 11.0. The highest BCUT2D eigenvalue weighted by atomic mass is 16.3. The fourth-order valence-electron chi connectivity index (χ4n) is 2.56. The van der Waals surface area contributed by atoms with Gasteiger partial charge in [-0.05, 0) is 32.0 Å². The third-order valence-corrected chi connectivity index (χ3v) is 3.84. The van der Waals surface area contributed by atoms with Crippen molar-refractivity contribution in [2.24, 2.45) is 0 Å². The molecule has 0 aliphatic carbocycles. The van der Waals surface area contributed by atoms with Crippen LogP contribution in [-0.4, -0.2) is 45.1 Å². The number of nitrogens with zero attached hydrogens (tertiary/aromatic N) is 4. The molecule has 100 valence electrons. The third kappa shape index (κ3) is 2.27. The Hall–Kier alpha value is -1.72. The summed E-state index contributed by atoms with van der Waals surface area (Å²) in [5, 5.41) is 19.0. The number of likely N-dealkylation sites (tertiary alicyclic amines) is 1. The average molecular weight is 258 g/mol. The molecule has 0 spiro atoms. The zero-order chi connectivity index (χ0) is 13.3. The van der Waals surface area contributed by atoms with Gasteiger partial charge in [-0.15, -0.1) is 5.10 Å². The topological polar surface area (TPSA) is 54.2 Å². The van der Waals surface area contributed by atoms with Crippen LogP contribution in [0.15, 0.2) is 36.5 Å². The summed E-state index contributed by atoms with van der Waals surface area (Å²) in [6.07, 6.45) is 3.10. The van der Waals surface area contributed by atoms with Gasteiger partial charge in [-0.2, -0.15) is 0 Å². The van der Waals surface area contributed by atoms with Gasteiger partial charge >= 0.3 is 0 Å². The van der Waals surface area contributed by atoms with E-state index in [0.717, 1.165) is 24.5 Å². The molecule has 5 nitrogen and oxygen atoms in total. The minimum atomic E-state index is -0.828. The normalized spacial score (nSPS) is 19.5. The largest absolute Gasteiger partial charge is 0.383 e. The van der Waals surface area contributed by atoms with E-state index >= 15 is 0 Å². The molecule has 0 unspecified atom stereocenters. The highest BCUT2D eigenvalue weighted by Gasteiger charge is 2.36. The molecule has 0 bridgehead atoms. The van der Waals surface area contributed by atoms with Gasteiger partial charge in [0.25, 0.3) is 0 Å². The first kappa shape index (κ1) is 12.3. The third-order valence-electron chi connectivity index (χ3n) is 3.84.